The van der Waals surface area contributed by atoms with Crippen LogP contribution in [0.1, 0.15) is 43.7 Å². The molecule has 2 fully saturated rings. The number of benzene rings is 2. The standard InChI is InChI=1S/C29H33Cl2N5O5S/c1-16-7-6-8-20-18(16)12-21(33-20)26(38)34-25(28(2,3)4)27(39)36-14-23-29(36,5)15-35(23)24(37)13-32-42(40,41)22-11-17(30)9-10-19(22)31/h6-12,23,25,32-33H,13-15H2,1-5H3,(H,34,38)/t23-,25-,29-/m1/s1. The van der Waals surface area contributed by atoms with E-state index in [1.807, 2.05) is 52.8 Å². The molecule has 5 rings (SSSR count). The highest BCUT2D eigenvalue weighted by molar-refractivity contribution is 7.89. The van der Waals surface area contributed by atoms with Gasteiger partial charge in [0.05, 0.1) is 23.1 Å². The van der Waals surface area contributed by atoms with E-state index in [1.54, 1.807) is 15.9 Å². The lowest BCUT2D eigenvalue weighted by Gasteiger charge is -2.69. The third-order valence-electron chi connectivity index (χ3n) is 8.25. The van der Waals surface area contributed by atoms with E-state index in [1.165, 1.54) is 18.2 Å². The number of hydrogen-bond donors (Lipinski definition) is 3. The number of aryl methyl sites for hydroxylation is 1. The lowest BCUT2D eigenvalue weighted by Crippen LogP contribution is -2.89. The van der Waals surface area contributed by atoms with E-state index in [9.17, 15) is 22.8 Å². The van der Waals surface area contributed by atoms with E-state index in [-0.39, 0.29) is 45.9 Å². The molecule has 2 aliphatic heterocycles. The fraction of sp³-hybridized carbons (Fsp3) is 0.414. The third-order valence-corrected chi connectivity index (χ3v) is 10.4. The predicted octanol–water partition coefficient (Wildman–Crippen LogP) is 3.72. The summed E-state index contributed by atoms with van der Waals surface area (Å²) in [6, 6.07) is 10.5. The topological polar surface area (TPSA) is 132 Å². The van der Waals surface area contributed by atoms with E-state index in [4.69, 9.17) is 23.2 Å². The summed E-state index contributed by atoms with van der Waals surface area (Å²) >= 11 is 11.9. The Hall–Kier alpha value is -3.12. The van der Waals surface area contributed by atoms with Gasteiger partial charge < -0.3 is 20.1 Å². The molecule has 3 aromatic rings. The molecule has 2 saturated heterocycles. The van der Waals surface area contributed by atoms with Gasteiger partial charge in [0.15, 0.2) is 0 Å². The first-order valence-electron chi connectivity index (χ1n) is 13.5. The van der Waals surface area contributed by atoms with Crippen LogP contribution in [0.25, 0.3) is 10.9 Å². The number of nitrogens with one attached hydrogen (secondary N) is 3. The molecule has 42 heavy (non-hydrogen) atoms. The van der Waals surface area contributed by atoms with Crippen LogP contribution in [0.5, 0.6) is 0 Å². The number of piperazine rings is 1. The summed E-state index contributed by atoms with van der Waals surface area (Å²) < 4.78 is 27.7. The summed E-state index contributed by atoms with van der Waals surface area (Å²) in [7, 11) is -4.07. The Morgan fingerprint density at radius 2 is 1.86 bits per heavy atom. The van der Waals surface area contributed by atoms with Gasteiger partial charge in [0.25, 0.3) is 5.91 Å². The molecule has 0 bridgehead atoms. The smallest absolute Gasteiger partial charge is 0.268 e. The van der Waals surface area contributed by atoms with Crippen LogP contribution in [0.15, 0.2) is 47.4 Å². The Morgan fingerprint density at radius 3 is 2.48 bits per heavy atom. The summed E-state index contributed by atoms with van der Waals surface area (Å²) in [5, 5.41) is 4.07. The molecule has 0 aliphatic carbocycles. The van der Waals surface area contributed by atoms with E-state index in [2.05, 4.69) is 15.0 Å². The Bertz CT molecular complexity index is 1720. The van der Waals surface area contributed by atoms with Gasteiger partial charge in [-0.05, 0) is 55.2 Å². The predicted molar refractivity (Wildman–Crippen MR) is 161 cm³/mol. The number of nitrogens with zero attached hydrogens (tertiary/aromatic N) is 2. The zero-order valence-corrected chi connectivity index (χ0v) is 26.2. The van der Waals surface area contributed by atoms with Crippen molar-refractivity contribution in [3.63, 3.8) is 0 Å². The summed E-state index contributed by atoms with van der Waals surface area (Å²) in [5.74, 6) is -1.02. The number of likely N-dealkylation sites (tertiary alicyclic amines) is 2. The minimum Gasteiger partial charge on any atom is -0.351 e. The highest BCUT2D eigenvalue weighted by Gasteiger charge is 2.65. The van der Waals surface area contributed by atoms with Gasteiger partial charge in [-0.3, -0.25) is 14.4 Å². The number of rotatable bonds is 7. The van der Waals surface area contributed by atoms with Crippen LogP contribution in [-0.4, -0.2) is 78.2 Å². The SMILES string of the molecule is Cc1cccc2[nH]c(C(=O)N[C@H](C(=O)N3C[C@H]4N(C(=O)CNS(=O)(=O)c5cc(Cl)ccc5Cl)C[C@]43C)C(C)(C)C)cc12. The van der Waals surface area contributed by atoms with Gasteiger partial charge >= 0.3 is 0 Å². The van der Waals surface area contributed by atoms with E-state index in [0.717, 1.165) is 16.5 Å². The van der Waals surface area contributed by atoms with Crippen LogP contribution in [0.3, 0.4) is 0 Å². The van der Waals surface area contributed by atoms with Crippen molar-refractivity contribution in [3.8, 4) is 0 Å². The summed E-state index contributed by atoms with van der Waals surface area (Å²) in [6.07, 6.45) is 0. The normalized spacial score (nSPS) is 20.9. The number of carbonyl (C=O) groups excluding carboxylic acids is 3. The number of fused-ring (bicyclic) bond motifs is 2. The van der Waals surface area contributed by atoms with Crippen molar-refractivity contribution in [3.05, 3.63) is 63.8 Å². The largest absolute Gasteiger partial charge is 0.351 e. The molecule has 0 spiro atoms. The number of halogens is 2. The van der Waals surface area contributed by atoms with Gasteiger partial charge in [-0.2, -0.15) is 0 Å². The lowest BCUT2D eigenvalue weighted by atomic mass is 9.70. The van der Waals surface area contributed by atoms with E-state index < -0.39 is 39.5 Å². The van der Waals surface area contributed by atoms with Crippen LogP contribution in [0, 0.1) is 12.3 Å². The molecule has 3 heterocycles. The first kappa shape index (κ1) is 30.3. The molecule has 2 aromatic carbocycles. The van der Waals surface area contributed by atoms with Crippen molar-refractivity contribution in [1.82, 2.24) is 24.8 Å². The molecule has 13 heteroatoms. The van der Waals surface area contributed by atoms with Gasteiger partial charge in [-0.1, -0.05) is 56.1 Å². The molecule has 3 amide bonds. The van der Waals surface area contributed by atoms with Crippen molar-refractivity contribution in [2.75, 3.05) is 19.6 Å². The average Bonchev–Trinajstić information content (AvgIpc) is 3.36. The molecule has 0 unspecified atom stereocenters. The molecule has 2 aliphatic rings. The van der Waals surface area contributed by atoms with Crippen molar-refractivity contribution >= 4 is 61.8 Å². The van der Waals surface area contributed by atoms with Gasteiger partial charge in [-0.25, -0.2) is 13.1 Å². The molecule has 0 saturated carbocycles. The maximum absolute atomic E-state index is 13.8. The lowest BCUT2D eigenvalue weighted by molar-refractivity contribution is -0.206. The molecule has 10 nitrogen and oxygen atoms in total. The first-order chi connectivity index (χ1) is 19.5. The molecule has 0 radical (unpaired) electrons. The molecule has 224 valence electrons. The summed E-state index contributed by atoms with van der Waals surface area (Å²) in [6.45, 7) is 9.59. The second-order valence-corrected chi connectivity index (χ2v) is 14.8. The highest BCUT2D eigenvalue weighted by atomic mass is 35.5. The first-order valence-corrected chi connectivity index (χ1v) is 15.7. The molecule has 3 N–H and O–H groups in total. The Kier molecular flexibility index (Phi) is 7.62. The van der Waals surface area contributed by atoms with Crippen LogP contribution in [0.4, 0.5) is 0 Å². The minimum absolute atomic E-state index is 0.0100. The number of aromatic nitrogens is 1. The van der Waals surface area contributed by atoms with Crippen LogP contribution >= 0.6 is 23.2 Å². The van der Waals surface area contributed by atoms with Crippen molar-refractivity contribution < 1.29 is 22.8 Å². The highest BCUT2D eigenvalue weighted by Crippen LogP contribution is 2.45. The monoisotopic (exact) mass is 633 g/mol. The summed E-state index contributed by atoms with van der Waals surface area (Å²) in [4.78, 5) is 46.2. The Labute approximate surface area is 254 Å². The molecule has 3 atom stereocenters. The number of carbonyl (C=O) groups is 3. The number of aromatic amines is 1. The Morgan fingerprint density at radius 1 is 1.14 bits per heavy atom. The van der Waals surface area contributed by atoms with Crippen LogP contribution in [0.2, 0.25) is 10.0 Å². The van der Waals surface area contributed by atoms with Crippen molar-refractivity contribution in [2.45, 2.75) is 57.1 Å². The molecule has 1 aromatic heterocycles. The number of hydrogen-bond acceptors (Lipinski definition) is 5. The van der Waals surface area contributed by atoms with Gasteiger partial charge in [0, 0.05) is 29.0 Å². The number of H-pyrrole nitrogens is 1. The fourth-order valence-corrected chi connectivity index (χ4v) is 7.41. The number of amides is 3. The maximum Gasteiger partial charge on any atom is 0.268 e. The quantitative estimate of drug-likeness (QED) is 0.365. The second kappa shape index (κ2) is 10.6. The molecular formula is C29H33Cl2N5O5S. The van der Waals surface area contributed by atoms with Crippen molar-refractivity contribution in [1.29, 1.82) is 0 Å². The van der Waals surface area contributed by atoms with E-state index in [0.29, 0.717) is 5.69 Å². The maximum atomic E-state index is 13.8. The minimum atomic E-state index is -4.07. The summed E-state index contributed by atoms with van der Waals surface area (Å²) in [5.41, 5.74) is 1.05. The fourth-order valence-electron chi connectivity index (χ4n) is 5.68. The van der Waals surface area contributed by atoms with Crippen LogP contribution in [-0.2, 0) is 19.6 Å². The van der Waals surface area contributed by atoms with E-state index >= 15 is 0 Å². The number of sulfonamides is 1. The van der Waals surface area contributed by atoms with Crippen molar-refractivity contribution in [2.24, 2.45) is 5.41 Å². The zero-order valence-electron chi connectivity index (χ0n) is 23.9. The van der Waals surface area contributed by atoms with Gasteiger partial charge in [0.2, 0.25) is 21.8 Å². The third kappa shape index (κ3) is 5.27. The van der Waals surface area contributed by atoms with Crippen LogP contribution < -0.4 is 10.0 Å². The van der Waals surface area contributed by atoms with Gasteiger partial charge in [-0.15, -0.1) is 0 Å². The molecular weight excluding hydrogens is 601 g/mol. The average molecular weight is 635 g/mol. The van der Waals surface area contributed by atoms with Gasteiger partial charge in [0.1, 0.15) is 16.6 Å². The Balaban J connectivity index is 1.23. The zero-order chi connectivity index (χ0) is 30.8. The second-order valence-electron chi connectivity index (χ2n) is 12.2.